The van der Waals surface area contributed by atoms with Gasteiger partial charge in [0.15, 0.2) is 6.10 Å². The zero-order chi connectivity index (χ0) is 54.3. The molecule has 0 aliphatic heterocycles. The molecule has 0 aromatic heterocycles. The number of hydrogen-bond acceptors (Lipinski definition) is 6. The molecule has 1 atom stereocenters. The third kappa shape index (κ3) is 61.8. The Labute approximate surface area is 466 Å². The molecular weight excluding hydrogens is 925 g/mol. The fourth-order valence-electron chi connectivity index (χ4n) is 9.61. The predicted octanol–water partition coefficient (Wildman–Crippen LogP) is 22.3. The van der Waals surface area contributed by atoms with Gasteiger partial charge in [0, 0.05) is 19.3 Å². The van der Waals surface area contributed by atoms with E-state index in [1.807, 2.05) is 0 Å². The fourth-order valence-corrected chi connectivity index (χ4v) is 9.61. The predicted molar refractivity (Wildman–Crippen MR) is 325 cm³/mol. The highest BCUT2D eigenvalue weighted by molar-refractivity contribution is 5.71. The second-order valence-corrected chi connectivity index (χ2v) is 22.0. The van der Waals surface area contributed by atoms with Gasteiger partial charge in [-0.15, -0.1) is 0 Å². The van der Waals surface area contributed by atoms with Crippen molar-refractivity contribution in [2.75, 3.05) is 13.2 Å². The summed E-state index contributed by atoms with van der Waals surface area (Å²) in [6.45, 7) is 6.53. The first-order valence-electron chi connectivity index (χ1n) is 32.8. The van der Waals surface area contributed by atoms with Crippen LogP contribution in [0.2, 0.25) is 0 Å². The maximum absolute atomic E-state index is 12.9. The summed E-state index contributed by atoms with van der Waals surface area (Å²) in [5.41, 5.74) is 0. The van der Waals surface area contributed by atoms with E-state index in [0.717, 1.165) is 103 Å². The number of esters is 3. The largest absolute Gasteiger partial charge is 0.462 e. The molecule has 1 unspecified atom stereocenters. The molecule has 0 radical (unpaired) electrons. The first-order chi connectivity index (χ1) is 37.0. The Hall–Kier alpha value is -2.89. The van der Waals surface area contributed by atoms with E-state index in [1.165, 1.54) is 199 Å². The van der Waals surface area contributed by atoms with Crippen LogP contribution in [-0.2, 0) is 28.6 Å². The van der Waals surface area contributed by atoms with Gasteiger partial charge in [0.05, 0.1) is 0 Å². The molecule has 0 rings (SSSR count). The van der Waals surface area contributed by atoms with Crippen molar-refractivity contribution < 1.29 is 28.6 Å². The van der Waals surface area contributed by atoms with Crippen LogP contribution in [0.4, 0.5) is 0 Å². The van der Waals surface area contributed by atoms with E-state index < -0.39 is 6.10 Å². The van der Waals surface area contributed by atoms with E-state index >= 15 is 0 Å². The highest BCUT2D eigenvalue weighted by Gasteiger charge is 2.19. The van der Waals surface area contributed by atoms with Crippen LogP contribution in [0.3, 0.4) is 0 Å². The first-order valence-corrected chi connectivity index (χ1v) is 32.8. The molecule has 0 spiro atoms. The summed E-state index contributed by atoms with van der Waals surface area (Å²) in [4.78, 5) is 38.3. The van der Waals surface area contributed by atoms with Crippen molar-refractivity contribution in [2.45, 2.75) is 348 Å². The summed E-state index contributed by atoms with van der Waals surface area (Å²) in [7, 11) is 0. The molecule has 0 bridgehead atoms. The summed E-state index contributed by atoms with van der Waals surface area (Å²) in [5.74, 6) is -0.886. The Morgan fingerprint density at radius 3 is 0.853 bits per heavy atom. The highest BCUT2D eigenvalue weighted by atomic mass is 16.6. The van der Waals surface area contributed by atoms with Gasteiger partial charge in [-0.05, 0) is 83.5 Å². The zero-order valence-electron chi connectivity index (χ0n) is 50.1. The number of carbonyl (C=O) groups is 3. The molecule has 0 aromatic rings. The van der Waals surface area contributed by atoms with E-state index in [0.29, 0.717) is 19.3 Å². The highest BCUT2D eigenvalue weighted by Crippen LogP contribution is 2.18. The quantitative estimate of drug-likeness (QED) is 0.0261. The summed E-state index contributed by atoms with van der Waals surface area (Å²) in [5, 5.41) is 0. The minimum atomic E-state index is -0.785. The molecular formula is C69H124O6. The van der Waals surface area contributed by atoms with Gasteiger partial charge in [0.1, 0.15) is 13.2 Å². The van der Waals surface area contributed by atoms with Gasteiger partial charge in [-0.1, -0.05) is 300 Å². The molecule has 0 fully saturated rings. The van der Waals surface area contributed by atoms with Crippen molar-refractivity contribution in [3.8, 4) is 0 Å². The van der Waals surface area contributed by atoms with Gasteiger partial charge >= 0.3 is 17.9 Å². The van der Waals surface area contributed by atoms with E-state index in [1.54, 1.807) is 0 Å². The molecule has 0 amide bonds. The maximum Gasteiger partial charge on any atom is 0.306 e. The number of carbonyl (C=O) groups excluding carboxylic acids is 3. The van der Waals surface area contributed by atoms with E-state index in [4.69, 9.17) is 14.2 Å². The number of rotatable bonds is 60. The molecule has 0 saturated carbocycles. The Morgan fingerprint density at radius 1 is 0.280 bits per heavy atom. The first kappa shape index (κ1) is 72.1. The maximum atomic E-state index is 12.9. The SMILES string of the molecule is CC/C=C\C/C=C\C/C=C\C/C=C\CCCCCCCCC(=O)OC(COC(=O)CCCCCCC/C=C\CCCCC)COC(=O)CCCCCCCCCCCCCCCCCCCCCCCCCCCC. The van der Waals surface area contributed by atoms with Crippen LogP contribution in [-0.4, -0.2) is 37.2 Å². The Bertz CT molecular complexity index is 1340. The zero-order valence-corrected chi connectivity index (χ0v) is 50.1. The van der Waals surface area contributed by atoms with Crippen molar-refractivity contribution in [3.63, 3.8) is 0 Å². The molecule has 0 N–H and O–H groups in total. The van der Waals surface area contributed by atoms with E-state index in [2.05, 4.69) is 81.5 Å². The lowest BCUT2D eigenvalue weighted by Gasteiger charge is -2.18. The number of ether oxygens (including phenoxy) is 3. The normalized spacial score (nSPS) is 12.4. The number of unbranched alkanes of at least 4 members (excludes halogenated alkanes) is 39. The standard InChI is InChI=1S/C69H124O6/c1-4-7-10-13-16-19-22-25-27-29-31-32-33-34-35-36-37-39-40-42-44-47-50-53-56-59-62-68(71)74-65-66(64-73-67(70)61-58-55-52-49-46-24-21-18-15-12-9-6-3)75-69(72)63-60-57-54-51-48-45-43-41-38-30-28-26-23-20-17-14-11-8-5-2/h8,11,17-18,20-21,26,28,38,41,66H,4-7,9-10,12-16,19,22-25,27,29-37,39-40,42-65H2,1-3H3/b11-8-,20-17-,21-18-,28-26-,41-38-. The molecule has 6 heteroatoms. The summed E-state index contributed by atoms with van der Waals surface area (Å²) >= 11 is 0. The average molecular weight is 1050 g/mol. The van der Waals surface area contributed by atoms with Gasteiger partial charge in [-0.3, -0.25) is 14.4 Å². The molecule has 6 nitrogen and oxygen atoms in total. The van der Waals surface area contributed by atoms with Crippen molar-refractivity contribution in [1.82, 2.24) is 0 Å². The van der Waals surface area contributed by atoms with Crippen molar-refractivity contribution in [2.24, 2.45) is 0 Å². The third-order valence-electron chi connectivity index (χ3n) is 14.5. The van der Waals surface area contributed by atoms with Gasteiger partial charge < -0.3 is 14.2 Å². The van der Waals surface area contributed by atoms with E-state index in [9.17, 15) is 14.4 Å². The molecule has 0 saturated heterocycles. The molecule has 436 valence electrons. The minimum Gasteiger partial charge on any atom is -0.462 e. The van der Waals surface area contributed by atoms with Crippen molar-refractivity contribution in [1.29, 1.82) is 0 Å². The smallest absolute Gasteiger partial charge is 0.306 e. The van der Waals surface area contributed by atoms with Gasteiger partial charge in [0.25, 0.3) is 0 Å². The second kappa shape index (κ2) is 63.6. The molecule has 0 heterocycles. The average Bonchev–Trinajstić information content (AvgIpc) is 3.41. The van der Waals surface area contributed by atoms with Gasteiger partial charge in [-0.2, -0.15) is 0 Å². The van der Waals surface area contributed by atoms with Gasteiger partial charge in [0.2, 0.25) is 0 Å². The molecule has 0 aliphatic rings. The van der Waals surface area contributed by atoms with Crippen molar-refractivity contribution in [3.05, 3.63) is 60.8 Å². The summed E-state index contributed by atoms with van der Waals surface area (Å²) in [6, 6.07) is 0. The van der Waals surface area contributed by atoms with Crippen LogP contribution in [0.1, 0.15) is 342 Å². The monoisotopic (exact) mass is 1050 g/mol. The lowest BCUT2D eigenvalue weighted by atomic mass is 10.0. The number of hydrogen-bond donors (Lipinski definition) is 0. The molecule has 75 heavy (non-hydrogen) atoms. The third-order valence-corrected chi connectivity index (χ3v) is 14.5. The lowest BCUT2D eigenvalue weighted by molar-refractivity contribution is -0.167. The lowest BCUT2D eigenvalue weighted by Crippen LogP contribution is -2.30. The van der Waals surface area contributed by atoms with Crippen LogP contribution >= 0.6 is 0 Å². The fraction of sp³-hybridized carbons (Fsp3) is 0.812. The van der Waals surface area contributed by atoms with Gasteiger partial charge in [-0.25, -0.2) is 0 Å². The van der Waals surface area contributed by atoms with Crippen LogP contribution in [0.25, 0.3) is 0 Å². The van der Waals surface area contributed by atoms with Crippen LogP contribution in [0.15, 0.2) is 60.8 Å². The van der Waals surface area contributed by atoms with Crippen LogP contribution < -0.4 is 0 Å². The molecule has 0 aliphatic carbocycles. The van der Waals surface area contributed by atoms with Crippen LogP contribution in [0.5, 0.6) is 0 Å². The Kier molecular flexibility index (Phi) is 61.2. The second-order valence-electron chi connectivity index (χ2n) is 22.0. The van der Waals surface area contributed by atoms with Crippen molar-refractivity contribution >= 4 is 17.9 Å². The Balaban J connectivity index is 4.24. The Morgan fingerprint density at radius 2 is 0.520 bits per heavy atom. The minimum absolute atomic E-state index is 0.0797. The molecule has 0 aromatic carbocycles. The topological polar surface area (TPSA) is 78.9 Å². The summed E-state index contributed by atoms with van der Waals surface area (Å²) < 4.78 is 16.9. The summed E-state index contributed by atoms with van der Waals surface area (Å²) in [6.07, 6.45) is 81.0. The van der Waals surface area contributed by atoms with Crippen LogP contribution in [0, 0.1) is 0 Å². The van der Waals surface area contributed by atoms with E-state index in [-0.39, 0.29) is 31.1 Å². The number of allylic oxidation sites excluding steroid dienone is 10.